The van der Waals surface area contributed by atoms with Gasteiger partial charge in [0.05, 0.1) is 6.33 Å². The second-order valence-electron chi connectivity index (χ2n) is 7.37. The van der Waals surface area contributed by atoms with Gasteiger partial charge in [0.15, 0.2) is 0 Å². The zero-order valence-electron chi connectivity index (χ0n) is 13.8. The molecule has 1 aromatic rings. The van der Waals surface area contributed by atoms with Gasteiger partial charge in [-0.25, -0.2) is 4.98 Å². The first kappa shape index (κ1) is 15.1. The first-order chi connectivity index (χ1) is 10.2. The van der Waals surface area contributed by atoms with Gasteiger partial charge in [-0.1, -0.05) is 33.1 Å². The van der Waals surface area contributed by atoms with Crippen LogP contribution in [0.15, 0.2) is 12.5 Å². The van der Waals surface area contributed by atoms with Gasteiger partial charge in [-0.3, -0.25) is 0 Å². The lowest BCUT2D eigenvalue weighted by Crippen LogP contribution is -2.39. The molecule has 1 saturated carbocycles. The van der Waals surface area contributed by atoms with Crippen molar-refractivity contribution in [2.45, 2.75) is 76.7 Å². The summed E-state index contributed by atoms with van der Waals surface area (Å²) in [5.41, 5.74) is 1.80. The van der Waals surface area contributed by atoms with E-state index in [9.17, 15) is 0 Å². The van der Waals surface area contributed by atoms with Crippen molar-refractivity contribution in [1.82, 2.24) is 14.9 Å². The van der Waals surface area contributed by atoms with Crippen LogP contribution in [0.25, 0.3) is 0 Å². The number of hydrogen-bond acceptors (Lipinski definition) is 2. The van der Waals surface area contributed by atoms with Gasteiger partial charge in [0.25, 0.3) is 0 Å². The molecule has 1 aliphatic carbocycles. The molecule has 3 heteroatoms. The summed E-state index contributed by atoms with van der Waals surface area (Å²) in [5.74, 6) is 0.863. The maximum atomic E-state index is 4.55. The minimum atomic E-state index is 0.309. The van der Waals surface area contributed by atoms with E-state index in [2.05, 4.69) is 41.2 Å². The Morgan fingerprint density at radius 2 is 2.00 bits per heavy atom. The lowest BCUT2D eigenvalue weighted by atomic mass is 9.77. The molecule has 0 spiro atoms. The second kappa shape index (κ2) is 6.51. The molecule has 0 radical (unpaired) electrons. The molecule has 0 aromatic carbocycles. The highest BCUT2D eigenvalue weighted by Crippen LogP contribution is 2.39. The van der Waals surface area contributed by atoms with E-state index in [1.807, 2.05) is 0 Å². The third kappa shape index (κ3) is 3.03. The number of imidazole rings is 1. The average molecular weight is 289 g/mol. The molecule has 1 saturated heterocycles. The third-order valence-corrected chi connectivity index (χ3v) is 5.96. The van der Waals surface area contributed by atoms with Crippen molar-refractivity contribution < 1.29 is 0 Å². The van der Waals surface area contributed by atoms with Crippen LogP contribution in [0.3, 0.4) is 0 Å². The van der Waals surface area contributed by atoms with E-state index in [4.69, 9.17) is 0 Å². The largest absolute Gasteiger partial charge is 0.331 e. The fraction of sp³-hybridized carbons (Fsp3) is 0.833. The van der Waals surface area contributed by atoms with Gasteiger partial charge in [0.1, 0.15) is 0 Å². The minimum absolute atomic E-state index is 0.309. The van der Waals surface area contributed by atoms with Crippen molar-refractivity contribution in [2.75, 3.05) is 13.1 Å². The van der Waals surface area contributed by atoms with Gasteiger partial charge < -0.3 is 9.88 Å². The van der Waals surface area contributed by atoms with E-state index < -0.39 is 0 Å². The predicted octanol–water partition coefficient (Wildman–Crippen LogP) is 4.06. The normalized spacial score (nSPS) is 24.9. The molecule has 3 rings (SSSR count). The number of nitrogens with zero attached hydrogens (tertiary/aromatic N) is 2. The van der Waals surface area contributed by atoms with Crippen LogP contribution in [-0.4, -0.2) is 22.6 Å². The summed E-state index contributed by atoms with van der Waals surface area (Å²) in [4.78, 5) is 4.55. The Morgan fingerprint density at radius 3 is 2.67 bits per heavy atom. The van der Waals surface area contributed by atoms with Crippen molar-refractivity contribution in [1.29, 1.82) is 0 Å². The topological polar surface area (TPSA) is 29.9 Å². The smallest absolute Gasteiger partial charge is 0.0951 e. The maximum Gasteiger partial charge on any atom is 0.0951 e. The summed E-state index contributed by atoms with van der Waals surface area (Å²) in [6.07, 6.45) is 15.1. The highest BCUT2D eigenvalue weighted by atomic mass is 15.1. The van der Waals surface area contributed by atoms with E-state index in [-0.39, 0.29) is 0 Å². The summed E-state index contributed by atoms with van der Waals surface area (Å²) < 4.78 is 2.56. The molecule has 1 unspecified atom stereocenters. The van der Waals surface area contributed by atoms with Crippen molar-refractivity contribution >= 4 is 0 Å². The molecule has 2 heterocycles. The Balaban J connectivity index is 1.85. The van der Waals surface area contributed by atoms with Gasteiger partial charge in [0, 0.05) is 23.3 Å². The van der Waals surface area contributed by atoms with Crippen LogP contribution >= 0.6 is 0 Å². The predicted molar refractivity (Wildman–Crippen MR) is 87.6 cm³/mol. The van der Waals surface area contributed by atoms with E-state index in [1.54, 1.807) is 0 Å². The Labute approximate surface area is 129 Å². The Hall–Kier alpha value is -0.830. The lowest BCUT2D eigenvalue weighted by molar-refractivity contribution is 0.224. The monoisotopic (exact) mass is 289 g/mol. The molecule has 0 bridgehead atoms. The van der Waals surface area contributed by atoms with Crippen molar-refractivity contribution in [2.24, 2.45) is 5.92 Å². The molecule has 1 N–H and O–H groups in total. The highest BCUT2D eigenvalue weighted by Gasteiger charge is 2.34. The van der Waals surface area contributed by atoms with Crippen LogP contribution in [0, 0.1) is 5.92 Å². The minimum Gasteiger partial charge on any atom is -0.331 e. The van der Waals surface area contributed by atoms with Crippen molar-refractivity contribution in [3.8, 4) is 0 Å². The SMILES string of the molecule is CCC(C1CCCCC1)n1cncc1C1(C)CCNCC1. The first-order valence-electron chi connectivity index (χ1n) is 8.97. The standard InChI is InChI=1S/C18H31N3/c1-3-16(15-7-5-4-6-8-15)21-14-20-13-17(21)18(2)9-11-19-12-10-18/h13-16,19H,3-12H2,1-2H3. The number of aromatic nitrogens is 2. The second-order valence-corrected chi connectivity index (χ2v) is 7.37. The van der Waals surface area contributed by atoms with Gasteiger partial charge in [-0.2, -0.15) is 0 Å². The van der Waals surface area contributed by atoms with Gasteiger partial charge >= 0.3 is 0 Å². The average Bonchev–Trinajstić information content (AvgIpc) is 3.00. The Kier molecular flexibility index (Phi) is 4.68. The highest BCUT2D eigenvalue weighted by molar-refractivity contribution is 5.16. The molecule has 1 aliphatic heterocycles. The number of hydrogen-bond donors (Lipinski definition) is 1. The Bertz CT molecular complexity index is 439. The zero-order valence-corrected chi connectivity index (χ0v) is 13.8. The fourth-order valence-corrected chi connectivity index (χ4v) is 4.55. The van der Waals surface area contributed by atoms with Gasteiger partial charge in [-0.05, 0) is 51.1 Å². The Morgan fingerprint density at radius 1 is 1.29 bits per heavy atom. The third-order valence-electron chi connectivity index (χ3n) is 5.96. The molecular weight excluding hydrogens is 258 g/mol. The molecule has 118 valence electrons. The summed E-state index contributed by atoms with van der Waals surface area (Å²) in [6.45, 7) is 7.08. The van der Waals surface area contributed by atoms with E-state index in [0.29, 0.717) is 11.5 Å². The number of piperidine rings is 1. The number of nitrogens with one attached hydrogen (secondary N) is 1. The first-order valence-corrected chi connectivity index (χ1v) is 8.97. The van der Waals surface area contributed by atoms with Gasteiger partial charge in [-0.15, -0.1) is 0 Å². The molecule has 2 aliphatic rings. The summed E-state index contributed by atoms with van der Waals surface area (Å²) in [7, 11) is 0. The van der Waals surface area contributed by atoms with E-state index in [0.717, 1.165) is 19.0 Å². The lowest BCUT2D eigenvalue weighted by Gasteiger charge is -2.38. The molecular formula is C18H31N3. The van der Waals surface area contributed by atoms with Crippen LogP contribution in [0.5, 0.6) is 0 Å². The summed E-state index contributed by atoms with van der Waals surface area (Å²) >= 11 is 0. The summed E-state index contributed by atoms with van der Waals surface area (Å²) in [5, 5.41) is 3.50. The van der Waals surface area contributed by atoms with Gasteiger partial charge in [0.2, 0.25) is 0 Å². The molecule has 21 heavy (non-hydrogen) atoms. The van der Waals surface area contributed by atoms with Crippen LogP contribution in [0.1, 0.15) is 76.9 Å². The van der Waals surface area contributed by atoms with E-state index in [1.165, 1.54) is 57.1 Å². The summed E-state index contributed by atoms with van der Waals surface area (Å²) in [6, 6.07) is 0.662. The molecule has 2 fully saturated rings. The maximum absolute atomic E-state index is 4.55. The van der Waals surface area contributed by atoms with Crippen LogP contribution in [-0.2, 0) is 5.41 Å². The van der Waals surface area contributed by atoms with Crippen molar-refractivity contribution in [3.63, 3.8) is 0 Å². The molecule has 1 aromatic heterocycles. The molecule has 1 atom stereocenters. The number of rotatable bonds is 4. The van der Waals surface area contributed by atoms with Crippen LogP contribution in [0.4, 0.5) is 0 Å². The van der Waals surface area contributed by atoms with Crippen LogP contribution < -0.4 is 5.32 Å². The molecule has 3 nitrogen and oxygen atoms in total. The van der Waals surface area contributed by atoms with E-state index >= 15 is 0 Å². The van der Waals surface area contributed by atoms with Crippen LogP contribution in [0.2, 0.25) is 0 Å². The fourth-order valence-electron chi connectivity index (χ4n) is 4.55. The van der Waals surface area contributed by atoms with Crippen molar-refractivity contribution in [3.05, 3.63) is 18.2 Å². The molecule has 0 amide bonds. The zero-order chi connectivity index (χ0) is 14.7. The quantitative estimate of drug-likeness (QED) is 0.906.